The van der Waals surface area contributed by atoms with Crippen LogP contribution in [0, 0.1) is 19.7 Å². The van der Waals surface area contributed by atoms with Gasteiger partial charge in [0, 0.05) is 25.5 Å². The van der Waals surface area contributed by atoms with Gasteiger partial charge in [0.05, 0.1) is 23.0 Å². The molecule has 2 heterocycles. The van der Waals surface area contributed by atoms with Crippen LogP contribution in [0.25, 0.3) is 10.2 Å². The van der Waals surface area contributed by atoms with Crippen molar-refractivity contribution in [1.29, 1.82) is 0 Å². The van der Waals surface area contributed by atoms with E-state index in [0.717, 1.165) is 28.8 Å². The van der Waals surface area contributed by atoms with E-state index in [1.54, 1.807) is 23.5 Å². The van der Waals surface area contributed by atoms with Crippen molar-refractivity contribution in [2.24, 2.45) is 0 Å². The number of carbonyl (C=O) groups is 1. The molecule has 5 nitrogen and oxygen atoms in total. The number of anilines is 1. The topological polar surface area (TPSA) is 51.0 Å². The first-order valence-corrected chi connectivity index (χ1v) is 10.7. The predicted octanol–water partition coefficient (Wildman–Crippen LogP) is 4.91. The molecule has 0 spiro atoms. The number of carbonyl (C=O) groups excluding carboxylic acids is 1. The molecule has 0 aliphatic heterocycles. The van der Waals surface area contributed by atoms with Crippen LogP contribution in [-0.4, -0.2) is 27.0 Å². The first-order valence-electron chi connectivity index (χ1n) is 9.88. The highest BCUT2D eigenvalue weighted by molar-refractivity contribution is 7.22. The van der Waals surface area contributed by atoms with Crippen molar-refractivity contribution in [2.75, 3.05) is 11.4 Å². The lowest BCUT2D eigenvalue weighted by Crippen LogP contribution is -2.33. The molecule has 30 heavy (non-hydrogen) atoms. The van der Waals surface area contributed by atoms with E-state index < -0.39 is 0 Å². The third-order valence-corrected chi connectivity index (χ3v) is 6.11. The maximum atomic E-state index is 13.6. The number of imidazole rings is 1. The molecule has 0 aliphatic carbocycles. The smallest absolute Gasteiger partial charge is 0.233 e. The number of amides is 1. The number of fused-ring (bicyclic) bond motifs is 1. The maximum absolute atomic E-state index is 13.6. The van der Waals surface area contributed by atoms with E-state index in [9.17, 15) is 9.18 Å². The molecule has 0 unspecified atom stereocenters. The van der Waals surface area contributed by atoms with E-state index >= 15 is 0 Å². The molecular weight excluding hydrogens is 399 g/mol. The van der Waals surface area contributed by atoms with Crippen LogP contribution >= 0.6 is 11.3 Å². The van der Waals surface area contributed by atoms with E-state index in [-0.39, 0.29) is 11.7 Å². The Hall–Kier alpha value is -3.06. The van der Waals surface area contributed by atoms with Crippen LogP contribution in [0.3, 0.4) is 0 Å². The van der Waals surface area contributed by atoms with Crippen LogP contribution in [0.5, 0.6) is 0 Å². The third-order valence-electron chi connectivity index (χ3n) is 5.07. The minimum atomic E-state index is -0.300. The molecule has 0 N–H and O–H groups in total. The first-order chi connectivity index (χ1) is 14.5. The second-order valence-electron chi connectivity index (χ2n) is 7.41. The fourth-order valence-corrected chi connectivity index (χ4v) is 4.50. The summed E-state index contributed by atoms with van der Waals surface area (Å²) in [7, 11) is 0. The Balaban J connectivity index is 1.58. The summed E-state index contributed by atoms with van der Waals surface area (Å²) >= 11 is 1.35. The molecule has 0 atom stereocenters. The Morgan fingerprint density at radius 2 is 2.07 bits per heavy atom. The van der Waals surface area contributed by atoms with E-state index in [0.29, 0.717) is 23.6 Å². The Kier molecular flexibility index (Phi) is 5.90. The number of thiazole rings is 1. The maximum Gasteiger partial charge on any atom is 0.233 e. The summed E-state index contributed by atoms with van der Waals surface area (Å²) in [6.45, 7) is 5.36. The van der Waals surface area contributed by atoms with Gasteiger partial charge >= 0.3 is 0 Å². The standard InChI is InChI=1S/C23H23FN4OS/c1-16-4-5-18(17(2)12-16)13-22(29)28(10-3-9-27-11-8-25-15-27)23-26-20-7-6-19(24)14-21(20)30-23/h4-8,11-12,14-15H,3,9-10,13H2,1-2H3. The fourth-order valence-electron chi connectivity index (χ4n) is 3.46. The number of aromatic nitrogens is 3. The minimum Gasteiger partial charge on any atom is -0.337 e. The van der Waals surface area contributed by atoms with Crippen molar-refractivity contribution >= 4 is 32.6 Å². The van der Waals surface area contributed by atoms with E-state index in [2.05, 4.69) is 16.0 Å². The summed E-state index contributed by atoms with van der Waals surface area (Å²) < 4.78 is 16.3. The van der Waals surface area contributed by atoms with Crippen LogP contribution in [0.4, 0.5) is 9.52 Å². The SMILES string of the molecule is Cc1ccc(CC(=O)N(CCCn2ccnc2)c2nc3ccc(F)cc3s2)c(C)c1. The molecule has 4 rings (SSSR count). The largest absolute Gasteiger partial charge is 0.337 e. The molecule has 0 aliphatic rings. The molecule has 1 amide bonds. The highest BCUT2D eigenvalue weighted by Crippen LogP contribution is 2.30. The average molecular weight is 423 g/mol. The normalized spacial score (nSPS) is 11.2. The zero-order chi connectivity index (χ0) is 21.1. The Labute approximate surface area is 178 Å². The summed E-state index contributed by atoms with van der Waals surface area (Å²) in [6.07, 6.45) is 6.48. The molecule has 0 saturated heterocycles. The van der Waals surface area contributed by atoms with E-state index in [4.69, 9.17) is 0 Å². The van der Waals surface area contributed by atoms with Gasteiger partial charge in [0.1, 0.15) is 5.82 Å². The van der Waals surface area contributed by atoms with Gasteiger partial charge in [-0.2, -0.15) is 0 Å². The van der Waals surface area contributed by atoms with Gasteiger partial charge in [0.15, 0.2) is 5.13 Å². The Bertz CT molecular complexity index is 1170. The van der Waals surface area contributed by atoms with Gasteiger partial charge in [-0.15, -0.1) is 0 Å². The molecule has 154 valence electrons. The number of hydrogen-bond acceptors (Lipinski definition) is 4. The molecule has 2 aromatic heterocycles. The van der Waals surface area contributed by atoms with Crippen LogP contribution in [0.2, 0.25) is 0 Å². The van der Waals surface area contributed by atoms with Crippen molar-refractivity contribution in [3.8, 4) is 0 Å². The molecule has 0 fully saturated rings. The second kappa shape index (κ2) is 8.75. The molecule has 4 aromatic rings. The lowest BCUT2D eigenvalue weighted by molar-refractivity contribution is -0.118. The van der Waals surface area contributed by atoms with Crippen LogP contribution in [0.1, 0.15) is 23.1 Å². The zero-order valence-corrected chi connectivity index (χ0v) is 17.8. The predicted molar refractivity (Wildman–Crippen MR) is 118 cm³/mol. The van der Waals surface area contributed by atoms with Gasteiger partial charge in [-0.1, -0.05) is 35.1 Å². The second-order valence-corrected chi connectivity index (χ2v) is 8.42. The summed E-state index contributed by atoms with van der Waals surface area (Å²) in [6, 6.07) is 10.6. The monoisotopic (exact) mass is 422 g/mol. The quantitative estimate of drug-likeness (QED) is 0.425. The molecule has 0 saturated carbocycles. The number of benzene rings is 2. The van der Waals surface area contributed by atoms with Gasteiger partial charge in [-0.25, -0.2) is 14.4 Å². The summed E-state index contributed by atoms with van der Waals surface area (Å²) in [5.74, 6) is -0.307. The van der Waals surface area contributed by atoms with Crippen LogP contribution < -0.4 is 4.90 Å². The van der Waals surface area contributed by atoms with Crippen LogP contribution in [0.15, 0.2) is 55.1 Å². The number of halogens is 1. The van der Waals surface area contributed by atoms with Crippen molar-refractivity contribution < 1.29 is 9.18 Å². The highest BCUT2D eigenvalue weighted by Gasteiger charge is 2.20. The van der Waals surface area contributed by atoms with Gasteiger partial charge in [0.25, 0.3) is 0 Å². The molecule has 7 heteroatoms. The lowest BCUT2D eigenvalue weighted by Gasteiger charge is -2.20. The van der Waals surface area contributed by atoms with Crippen molar-refractivity contribution in [2.45, 2.75) is 33.2 Å². The zero-order valence-electron chi connectivity index (χ0n) is 17.0. The number of nitrogens with zero attached hydrogens (tertiary/aromatic N) is 4. The Morgan fingerprint density at radius 1 is 1.20 bits per heavy atom. The van der Waals surface area contributed by atoms with Crippen molar-refractivity contribution in [1.82, 2.24) is 14.5 Å². The Morgan fingerprint density at radius 3 is 2.83 bits per heavy atom. The number of hydrogen-bond donors (Lipinski definition) is 0. The molecule has 2 aromatic carbocycles. The summed E-state index contributed by atoms with van der Waals surface area (Å²) in [5.41, 5.74) is 4.00. The van der Waals surface area contributed by atoms with Crippen molar-refractivity contribution in [3.05, 3.63) is 77.6 Å². The third kappa shape index (κ3) is 4.57. The molecule has 0 radical (unpaired) electrons. The minimum absolute atomic E-state index is 0.00730. The van der Waals surface area contributed by atoms with Gasteiger partial charge < -0.3 is 4.57 Å². The van der Waals surface area contributed by atoms with E-state index in [1.807, 2.05) is 36.7 Å². The number of aryl methyl sites for hydroxylation is 3. The van der Waals surface area contributed by atoms with Gasteiger partial charge in [0.2, 0.25) is 5.91 Å². The summed E-state index contributed by atoms with van der Waals surface area (Å²) in [5, 5.41) is 0.607. The fraction of sp³-hybridized carbons (Fsp3) is 0.261. The molecular formula is C23H23FN4OS. The number of rotatable bonds is 7. The summed E-state index contributed by atoms with van der Waals surface area (Å²) in [4.78, 5) is 23.7. The van der Waals surface area contributed by atoms with Gasteiger partial charge in [-0.3, -0.25) is 9.69 Å². The lowest BCUT2D eigenvalue weighted by atomic mass is 10.0. The van der Waals surface area contributed by atoms with Crippen molar-refractivity contribution in [3.63, 3.8) is 0 Å². The molecule has 0 bridgehead atoms. The highest BCUT2D eigenvalue weighted by atomic mass is 32.1. The average Bonchev–Trinajstić information content (AvgIpc) is 3.36. The van der Waals surface area contributed by atoms with Crippen LogP contribution in [-0.2, 0) is 17.8 Å². The van der Waals surface area contributed by atoms with Gasteiger partial charge in [-0.05, 0) is 49.6 Å². The van der Waals surface area contributed by atoms with E-state index in [1.165, 1.54) is 29.0 Å². The first kappa shape index (κ1) is 20.2.